The van der Waals surface area contributed by atoms with Gasteiger partial charge in [0.15, 0.2) is 0 Å². The number of carboxylic acids is 1. The zero-order valence-corrected chi connectivity index (χ0v) is 9.17. The molecule has 1 atom stereocenters. The summed E-state index contributed by atoms with van der Waals surface area (Å²) >= 11 is -2.75. The van der Waals surface area contributed by atoms with Crippen molar-refractivity contribution < 1.29 is 13.6 Å². The van der Waals surface area contributed by atoms with E-state index in [1.807, 2.05) is 0 Å². The van der Waals surface area contributed by atoms with Crippen LogP contribution in [0.5, 0.6) is 0 Å². The molecule has 1 unspecified atom stereocenters. The first-order chi connectivity index (χ1) is 4.83. The molecule has 0 saturated heterocycles. The van der Waals surface area contributed by atoms with Crippen molar-refractivity contribution in [2.75, 3.05) is 5.75 Å². The Labute approximate surface area is 71.2 Å². The monoisotopic (exact) mass is 241 g/mol. The fourth-order valence-corrected chi connectivity index (χ4v) is 4.26. The van der Waals surface area contributed by atoms with Crippen LogP contribution in [0.15, 0.2) is 0 Å². The van der Waals surface area contributed by atoms with E-state index in [4.69, 9.17) is 10.8 Å². The molecule has 0 aliphatic carbocycles. The van der Waals surface area contributed by atoms with Crippen LogP contribution in [0.3, 0.4) is 0 Å². The molecule has 0 aliphatic heterocycles. The van der Waals surface area contributed by atoms with E-state index in [9.17, 15) is 8.53 Å². The number of carboxylic acid groups (broad SMARTS) is 1. The summed E-state index contributed by atoms with van der Waals surface area (Å²) in [7, 11) is 1.18. The Bertz CT molecular complexity index is 190. The van der Waals surface area contributed by atoms with Gasteiger partial charge in [0.25, 0.3) is 0 Å². The quantitative estimate of drug-likeness (QED) is 0.690. The Morgan fingerprint density at radius 3 is 2.45 bits per heavy atom. The van der Waals surface area contributed by atoms with E-state index in [0.717, 1.165) is 0 Å². The number of rotatable bonds is 4. The molecule has 0 fully saturated rings. The topological polar surface area (TPSA) is 80.4 Å². The molecular formula is C5H12AsNO3S. The summed E-state index contributed by atoms with van der Waals surface area (Å²) in [4.78, 5) is 10.2. The van der Waals surface area contributed by atoms with Gasteiger partial charge in [-0.1, -0.05) is 0 Å². The van der Waals surface area contributed by atoms with Crippen LogP contribution in [0.2, 0.25) is 11.4 Å². The molecule has 0 aromatic carbocycles. The van der Waals surface area contributed by atoms with Gasteiger partial charge in [0.2, 0.25) is 0 Å². The summed E-state index contributed by atoms with van der Waals surface area (Å²) in [6.45, 7) is 0. The number of aliphatic carboxylic acids is 1. The first-order valence-corrected chi connectivity index (χ1v) is 10.8. The van der Waals surface area contributed by atoms with Crippen LogP contribution in [-0.2, 0) is 8.53 Å². The molecule has 66 valence electrons. The fraction of sp³-hybridized carbons (Fsp3) is 0.800. The second-order valence-corrected chi connectivity index (χ2v) is 14.5. The molecule has 0 spiro atoms. The van der Waals surface area contributed by atoms with E-state index in [1.54, 1.807) is 11.4 Å². The number of carbonyl (C=O) groups is 1. The molecule has 6 heteroatoms. The van der Waals surface area contributed by atoms with Crippen molar-refractivity contribution >= 4 is 28.3 Å². The average Bonchev–Trinajstić information content (AvgIpc) is 1.80. The molecule has 0 saturated carbocycles. The molecule has 0 radical (unpaired) electrons. The van der Waals surface area contributed by atoms with Crippen LogP contribution < -0.4 is 5.73 Å². The summed E-state index contributed by atoms with van der Waals surface area (Å²) in [5, 5.41) is 8.36. The van der Waals surface area contributed by atoms with E-state index in [2.05, 4.69) is 0 Å². The Morgan fingerprint density at radius 2 is 2.18 bits per heavy atom. The Kier molecular flexibility index (Phi) is 4.29. The van der Waals surface area contributed by atoms with Crippen molar-refractivity contribution in [3.8, 4) is 0 Å². The van der Waals surface area contributed by atoms with Crippen molar-refractivity contribution in [2.24, 2.45) is 5.73 Å². The van der Waals surface area contributed by atoms with Crippen molar-refractivity contribution in [2.45, 2.75) is 17.5 Å². The predicted molar refractivity (Wildman–Crippen MR) is 46.2 cm³/mol. The molecule has 0 aromatic rings. The zero-order chi connectivity index (χ0) is 9.07. The van der Waals surface area contributed by atoms with Gasteiger partial charge in [-0.05, 0) is 0 Å². The van der Waals surface area contributed by atoms with Gasteiger partial charge in [0.1, 0.15) is 0 Å². The van der Waals surface area contributed by atoms with Crippen molar-refractivity contribution in [3.63, 3.8) is 0 Å². The third kappa shape index (κ3) is 6.53. The molecule has 3 N–H and O–H groups in total. The second-order valence-electron chi connectivity index (χ2n) is 2.49. The molecule has 0 amide bonds. The van der Waals surface area contributed by atoms with Crippen LogP contribution in [0.25, 0.3) is 0 Å². The minimum atomic E-state index is -2.75. The van der Waals surface area contributed by atoms with Crippen molar-refractivity contribution in [1.82, 2.24) is 0 Å². The molecule has 0 aliphatic rings. The molecule has 0 aromatic heterocycles. The van der Waals surface area contributed by atoms with Crippen molar-refractivity contribution in [3.05, 3.63) is 0 Å². The van der Waals surface area contributed by atoms with Crippen LogP contribution in [0.4, 0.5) is 0 Å². The molecular weight excluding hydrogens is 229 g/mol. The van der Waals surface area contributed by atoms with Gasteiger partial charge >= 0.3 is 70.9 Å². The molecule has 0 bridgehead atoms. The molecule has 11 heavy (non-hydrogen) atoms. The standard InChI is InChI=1S/C5H12AsNO3S/c1-6(2,10)11-3-4(7)5(8)9/h4H,3,7H2,1-2H3,(H,8,9). The second kappa shape index (κ2) is 4.24. The summed E-state index contributed by atoms with van der Waals surface area (Å²) in [5.74, 6) is -0.805. The van der Waals surface area contributed by atoms with Crippen LogP contribution >= 0.6 is 10.0 Å². The predicted octanol–water partition coefficient (Wildman–Crippen LogP) is 0.264. The van der Waals surface area contributed by atoms with Gasteiger partial charge in [0.05, 0.1) is 0 Å². The summed E-state index contributed by atoms with van der Waals surface area (Å²) < 4.78 is 11.1. The molecule has 0 heterocycles. The average molecular weight is 241 g/mol. The first-order valence-electron chi connectivity index (χ1n) is 3.01. The summed E-state index contributed by atoms with van der Waals surface area (Å²) in [5.41, 5.74) is 8.49. The Balaban J connectivity index is 3.72. The van der Waals surface area contributed by atoms with Crippen LogP contribution in [0, 0.1) is 0 Å². The van der Waals surface area contributed by atoms with Gasteiger partial charge in [-0.25, -0.2) is 0 Å². The van der Waals surface area contributed by atoms with E-state index in [0.29, 0.717) is 0 Å². The summed E-state index contributed by atoms with van der Waals surface area (Å²) in [6, 6.07) is -0.894. The zero-order valence-electron chi connectivity index (χ0n) is 6.48. The maximum atomic E-state index is 11.1. The number of hydrogen-bond donors (Lipinski definition) is 2. The van der Waals surface area contributed by atoms with E-state index in [1.165, 1.54) is 10.0 Å². The third-order valence-electron chi connectivity index (χ3n) is 0.882. The minimum absolute atomic E-state index is 0.235. The SMILES string of the molecule is C[As](C)(=O)SCC(N)C(=O)O. The fourth-order valence-electron chi connectivity index (χ4n) is 0.331. The maximum absolute atomic E-state index is 11.1. The summed E-state index contributed by atoms with van der Waals surface area (Å²) in [6.07, 6.45) is 0. The van der Waals surface area contributed by atoms with Gasteiger partial charge in [0, 0.05) is 0 Å². The molecule has 0 rings (SSSR count). The van der Waals surface area contributed by atoms with Gasteiger partial charge in [-0.15, -0.1) is 0 Å². The Hall–Kier alpha value is 0.138. The third-order valence-corrected chi connectivity index (χ3v) is 6.86. The van der Waals surface area contributed by atoms with Crippen LogP contribution in [-0.4, -0.2) is 35.2 Å². The Morgan fingerprint density at radius 1 is 1.73 bits per heavy atom. The number of nitrogens with two attached hydrogens (primary N) is 1. The van der Waals surface area contributed by atoms with Gasteiger partial charge < -0.3 is 0 Å². The van der Waals surface area contributed by atoms with Crippen LogP contribution in [0.1, 0.15) is 0 Å². The van der Waals surface area contributed by atoms with E-state index >= 15 is 0 Å². The normalized spacial score (nSPS) is 14.5. The van der Waals surface area contributed by atoms with Gasteiger partial charge in [-0.2, -0.15) is 0 Å². The van der Waals surface area contributed by atoms with Gasteiger partial charge in [-0.3, -0.25) is 0 Å². The molecule has 4 nitrogen and oxygen atoms in total. The first kappa shape index (κ1) is 11.1. The van der Waals surface area contributed by atoms with E-state index < -0.39 is 24.3 Å². The number of hydrogen-bond acceptors (Lipinski definition) is 4. The van der Waals surface area contributed by atoms with Crippen molar-refractivity contribution in [1.29, 1.82) is 0 Å². The van der Waals surface area contributed by atoms with E-state index in [-0.39, 0.29) is 5.75 Å².